The molecule has 1 aliphatic heterocycles. The number of ether oxygens (including phenoxy) is 5. The smallest absolute Gasteiger partial charge is 0.337 e. The summed E-state index contributed by atoms with van der Waals surface area (Å²) in [6.45, 7) is 5.07. The van der Waals surface area contributed by atoms with E-state index in [9.17, 15) is 29.1 Å². The molecule has 0 radical (unpaired) electrons. The maximum absolute atomic E-state index is 12.8. The van der Waals surface area contributed by atoms with Crippen molar-refractivity contribution in [3.63, 3.8) is 0 Å². The summed E-state index contributed by atoms with van der Waals surface area (Å²) in [6.07, 6.45) is -4.13. The summed E-state index contributed by atoms with van der Waals surface area (Å²) in [5.74, 6) is -4.13. The van der Waals surface area contributed by atoms with Crippen LogP contribution < -0.4 is 10.3 Å². The Morgan fingerprint density at radius 3 is 2.22 bits per heavy atom. The SMILES string of the molecule is CCCc1cnc2c(O[C@@H]3OC(C(=O)O)[C@@H](OC(C)=O)C(OC(C)=O)[C@@H]3OC(C)=O)cccn2c1=O. The van der Waals surface area contributed by atoms with E-state index in [0.717, 1.165) is 27.2 Å². The molecule has 1 fully saturated rings. The molecule has 2 aromatic rings. The van der Waals surface area contributed by atoms with E-state index in [0.29, 0.717) is 12.0 Å². The Hall–Kier alpha value is -4.00. The predicted molar refractivity (Wildman–Crippen MR) is 119 cm³/mol. The van der Waals surface area contributed by atoms with E-state index in [4.69, 9.17) is 23.7 Å². The lowest BCUT2D eigenvalue weighted by atomic mass is 9.97. The molecule has 0 spiro atoms. The van der Waals surface area contributed by atoms with Crippen molar-refractivity contribution in [2.45, 2.75) is 71.2 Å². The fourth-order valence-electron chi connectivity index (χ4n) is 3.84. The monoisotopic (exact) mass is 506 g/mol. The molecular formula is C23H26N2O11. The molecule has 1 N–H and O–H groups in total. The van der Waals surface area contributed by atoms with Gasteiger partial charge in [-0.1, -0.05) is 13.3 Å². The van der Waals surface area contributed by atoms with Crippen LogP contribution in [0.1, 0.15) is 39.7 Å². The highest BCUT2D eigenvalue weighted by molar-refractivity contribution is 5.75. The average Bonchev–Trinajstić information content (AvgIpc) is 2.78. The highest BCUT2D eigenvalue weighted by atomic mass is 16.7. The third kappa shape index (κ3) is 5.79. The summed E-state index contributed by atoms with van der Waals surface area (Å²) in [6, 6.07) is 2.95. The summed E-state index contributed by atoms with van der Waals surface area (Å²) in [5.41, 5.74) is 0.263. The van der Waals surface area contributed by atoms with E-state index in [1.54, 1.807) is 0 Å². The van der Waals surface area contributed by atoms with E-state index < -0.39 is 54.6 Å². The van der Waals surface area contributed by atoms with Gasteiger partial charge in [-0.2, -0.15) is 0 Å². The topological polar surface area (TPSA) is 169 Å². The Balaban J connectivity index is 2.09. The number of aromatic nitrogens is 2. The molecule has 0 amide bonds. The van der Waals surface area contributed by atoms with Crippen molar-refractivity contribution >= 4 is 29.5 Å². The Labute approximate surface area is 204 Å². The van der Waals surface area contributed by atoms with E-state index in [-0.39, 0.29) is 17.0 Å². The van der Waals surface area contributed by atoms with Gasteiger partial charge in [-0.3, -0.25) is 23.6 Å². The fourth-order valence-corrected chi connectivity index (χ4v) is 3.84. The first-order valence-corrected chi connectivity index (χ1v) is 11.1. The number of esters is 3. The molecule has 0 saturated carbocycles. The lowest BCUT2D eigenvalue weighted by Gasteiger charge is -2.42. The number of fused-ring (bicyclic) bond motifs is 1. The Kier molecular flexibility index (Phi) is 8.25. The van der Waals surface area contributed by atoms with Crippen LogP contribution in [0.25, 0.3) is 5.65 Å². The molecule has 3 heterocycles. The molecule has 36 heavy (non-hydrogen) atoms. The number of nitrogens with zero attached hydrogens (tertiary/aromatic N) is 2. The minimum atomic E-state index is -1.85. The van der Waals surface area contributed by atoms with Crippen LogP contribution in [0.2, 0.25) is 0 Å². The zero-order chi connectivity index (χ0) is 26.6. The van der Waals surface area contributed by atoms with Gasteiger partial charge in [0.05, 0.1) is 0 Å². The van der Waals surface area contributed by atoms with Crippen molar-refractivity contribution < 1.29 is 48.0 Å². The van der Waals surface area contributed by atoms with Crippen LogP contribution in [-0.4, -0.2) is 69.1 Å². The number of aliphatic carboxylic acids is 1. The van der Waals surface area contributed by atoms with E-state index in [2.05, 4.69) is 4.98 Å². The summed E-state index contributed by atoms with van der Waals surface area (Å²) >= 11 is 0. The zero-order valence-corrected chi connectivity index (χ0v) is 20.0. The first kappa shape index (κ1) is 26.6. The number of carbonyl (C=O) groups is 4. The second kappa shape index (κ2) is 11.2. The van der Waals surface area contributed by atoms with Crippen LogP contribution in [0, 0.1) is 0 Å². The van der Waals surface area contributed by atoms with Gasteiger partial charge in [-0.05, 0) is 18.6 Å². The first-order chi connectivity index (χ1) is 17.0. The van der Waals surface area contributed by atoms with Crippen LogP contribution in [0.4, 0.5) is 0 Å². The predicted octanol–water partition coefficient (Wildman–Crippen LogP) is 0.630. The van der Waals surface area contributed by atoms with Gasteiger partial charge in [0.1, 0.15) is 0 Å². The largest absolute Gasteiger partial charge is 0.479 e. The van der Waals surface area contributed by atoms with E-state index in [1.165, 1.54) is 28.9 Å². The van der Waals surface area contributed by atoms with Crippen LogP contribution in [0.15, 0.2) is 29.3 Å². The highest BCUT2D eigenvalue weighted by Crippen LogP contribution is 2.31. The van der Waals surface area contributed by atoms with Crippen LogP contribution >= 0.6 is 0 Å². The van der Waals surface area contributed by atoms with Gasteiger partial charge < -0.3 is 28.8 Å². The third-order valence-corrected chi connectivity index (χ3v) is 5.17. The molecular weight excluding hydrogens is 480 g/mol. The quantitative estimate of drug-likeness (QED) is 0.392. The molecule has 13 heteroatoms. The number of pyridine rings is 1. The summed E-state index contributed by atoms with van der Waals surface area (Å²) in [5, 5.41) is 9.74. The molecule has 0 aromatic carbocycles. The van der Waals surface area contributed by atoms with Crippen molar-refractivity contribution in [2.75, 3.05) is 0 Å². The molecule has 0 bridgehead atoms. The van der Waals surface area contributed by atoms with Crippen molar-refractivity contribution in [3.05, 3.63) is 40.4 Å². The summed E-state index contributed by atoms with van der Waals surface area (Å²) in [7, 11) is 0. The minimum Gasteiger partial charge on any atom is -0.479 e. The van der Waals surface area contributed by atoms with Gasteiger partial charge in [-0.15, -0.1) is 0 Å². The number of hydrogen-bond donors (Lipinski definition) is 1. The standard InChI is InChI=1S/C23H26N2O11/c1-5-7-14-10-24-20-15(8-6-9-25(20)21(14)29)35-23-19(34-13(4)28)17(33-12(3)27)16(32-11(2)26)18(36-23)22(30)31/h6,8-10,16-19,23H,5,7H2,1-4H3,(H,30,31)/t16-,17?,18?,19-,23+/m0/s1. The Morgan fingerprint density at radius 1 is 1.03 bits per heavy atom. The third-order valence-electron chi connectivity index (χ3n) is 5.17. The second-order valence-corrected chi connectivity index (χ2v) is 8.01. The zero-order valence-electron chi connectivity index (χ0n) is 20.0. The summed E-state index contributed by atoms with van der Waals surface area (Å²) < 4.78 is 28.3. The van der Waals surface area contributed by atoms with Gasteiger partial charge >= 0.3 is 23.9 Å². The molecule has 2 aromatic heterocycles. The number of rotatable bonds is 8. The molecule has 13 nitrogen and oxygen atoms in total. The number of carboxylic acid groups (broad SMARTS) is 1. The fraction of sp³-hybridized carbons (Fsp3) is 0.478. The van der Waals surface area contributed by atoms with Crippen LogP contribution in [0.3, 0.4) is 0 Å². The lowest BCUT2D eigenvalue weighted by Crippen LogP contribution is -2.64. The van der Waals surface area contributed by atoms with Crippen LogP contribution in [0.5, 0.6) is 5.75 Å². The van der Waals surface area contributed by atoms with Crippen LogP contribution in [-0.2, 0) is 44.5 Å². The van der Waals surface area contributed by atoms with Crippen molar-refractivity contribution in [3.8, 4) is 5.75 Å². The maximum Gasteiger partial charge on any atom is 0.337 e. The van der Waals surface area contributed by atoms with E-state index >= 15 is 0 Å². The molecule has 2 unspecified atom stereocenters. The molecule has 3 rings (SSSR count). The average molecular weight is 506 g/mol. The normalized spacial score (nSPS) is 23.5. The number of carbonyl (C=O) groups excluding carboxylic acids is 3. The number of aryl methyl sites for hydroxylation is 1. The Bertz CT molecular complexity index is 1220. The highest BCUT2D eigenvalue weighted by Gasteiger charge is 2.55. The molecule has 1 saturated heterocycles. The van der Waals surface area contributed by atoms with Crippen molar-refractivity contribution in [1.29, 1.82) is 0 Å². The first-order valence-electron chi connectivity index (χ1n) is 11.1. The maximum atomic E-state index is 12.8. The summed E-state index contributed by atoms with van der Waals surface area (Å²) in [4.78, 5) is 64.5. The number of carboxylic acids is 1. The second-order valence-electron chi connectivity index (χ2n) is 8.01. The Morgan fingerprint density at radius 2 is 1.64 bits per heavy atom. The van der Waals surface area contributed by atoms with Gasteiger partial charge in [0.15, 0.2) is 29.7 Å². The minimum absolute atomic E-state index is 0.00329. The van der Waals surface area contributed by atoms with Gasteiger partial charge in [-0.25, -0.2) is 9.78 Å². The van der Waals surface area contributed by atoms with E-state index in [1.807, 2.05) is 6.92 Å². The van der Waals surface area contributed by atoms with Gasteiger partial charge in [0.25, 0.3) is 5.56 Å². The van der Waals surface area contributed by atoms with Crippen molar-refractivity contribution in [2.24, 2.45) is 0 Å². The molecule has 0 aliphatic carbocycles. The van der Waals surface area contributed by atoms with Gasteiger partial charge in [0, 0.05) is 38.7 Å². The molecule has 194 valence electrons. The lowest BCUT2D eigenvalue weighted by molar-refractivity contribution is -0.281. The van der Waals surface area contributed by atoms with Crippen molar-refractivity contribution in [1.82, 2.24) is 9.38 Å². The molecule has 1 aliphatic rings. The molecule has 5 atom stereocenters. The van der Waals surface area contributed by atoms with Gasteiger partial charge in [0.2, 0.25) is 12.4 Å². The number of hydrogen-bond acceptors (Lipinski definition) is 11.